The fourth-order valence-electron chi connectivity index (χ4n) is 0.791. The van der Waals surface area contributed by atoms with E-state index >= 15 is 0 Å². The van der Waals surface area contributed by atoms with Crippen LogP contribution in [0.3, 0.4) is 0 Å². The Hall–Kier alpha value is -0.710. The molecule has 0 bridgehead atoms. The summed E-state index contributed by atoms with van der Waals surface area (Å²) < 4.78 is 0. The lowest BCUT2D eigenvalue weighted by atomic mass is 10.4. The van der Waals surface area contributed by atoms with Crippen molar-refractivity contribution in [1.29, 1.82) is 0 Å². The molecule has 4 nitrogen and oxygen atoms in total. The topological polar surface area (TPSA) is 66.4 Å². The first-order valence-corrected chi connectivity index (χ1v) is 5.74. The van der Waals surface area contributed by atoms with E-state index in [9.17, 15) is 9.59 Å². The lowest BCUT2D eigenvalue weighted by Gasteiger charge is -2.10. The van der Waals surface area contributed by atoms with E-state index < -0.39 is 5.97 Å². The van der Waals surface area contributed by atoms with Crippen LogP contribution in [0.5, 0.6) is 0 Å². The van der Waals surface area contributed by atoms with Crippen LogP contribution in [0, 0.1) is 0 Å². The molecule has 1 amide bonds. The summed E-state index contributed by atoms with van der Waals surface area (Å²) in [4.78, 5) is 21.5. The molecule has 0 fully saturated rings. The van der Waals surface area contributed by atoms with E-state index in [-0.39, 0.29) is 17.6 Å². The van der Waals surface area contributed by atoms with E-state index in [0.29, 0.717) is 12.3 Å². The van der Waals surface area contributed by atoms with Gasteiger partial charge in [-0.05, 0) is 13.3 Å². The quantitative estimate of drug-likeness (QED) is 0.673. The number of aliphatic carboxylic acids is 1. The zero-order valence-corrected chi connectivity index (χ0v) is 9.39. The molecule has 1 unspecified atom stereocenters. The van der Waals surface area contributed by atoms with Crippen molar-refractivity contribution in [2.45, 2.75) is 31.9 Å². The van der Waals surface area contributed by atoms with Crippen LogP contribution < -0.4 is 5.32 Å². The maximum atomic E-state index is 11.3. The largest absolute Gasteiger partial charge is 0.481 e. The van der Waals surface area contributed by atoms with E-state index in [0.717, 1.165) is 6.42 Å². The van der Waals surface area contributed by atoms with Gasteiger partial charge >= 0.3 is 5.97 Å². The van der Waals surface area contributed by atoms with Crippen molar-refractivity contribution in [3.8, 4) is 0 Å². The number of carbonyl (C=O) groups excluding carboxylic acids is 1. The Morgan fingerprint density at radius 1 is 1.50 bits per heavy atom. The normalized spacial score (nSPS) is 12.1. The number of hydrogen-bond acceptors (Lipinski definition) is 3. The van der Waals surface area contributed by atoms with Crippen LogP contribution in [0.1, 0.15) is 26.7 Å². The smallest absolute Gasteiger partial charge is 0.304 e. The number of carbonyl (C=O) groups is 2. The lowest BCUT2D eigenvalue weighted by Crippen LogP contribution is -2.31. The molecular formula is C9H17NO3S. The molecule has 14 heavy (non-hydrogen) atoms. The van der Waals surface area contributed by atoms with Crippen molar-refractivity contribution in [3.63, 3.8) is 0 Å². The zero-order chi connectivity index (χ0) is 11.0. The van der Waals surface area contributed by atoms with Gasteiger partial charge in [-0.3, -0.25) is 9.59 Å². The van der Waals surface area contributed by atoms with Crippen LogP contribution in [-0.2, 0) is 9.59 Å². The number of carboxylic acid groups (broad SMARTS) is 1. The molecule has 0 rings (SSSR count). The summed E-state index contributed by atoms with van der Waals surface area (Å²) >= 11 is 1.37. The summed E-state index contributed by atoms with van der Waals surface area (Å²) in [7, 11) is 0. The van der Waals surface area contributed by atoms with Crippen LogP contribution in [0.4, 0.5) is 0 Å². The Labute approximate surface area is 88.4 Å². The van der Waals surface area contributed by atoms with Crippen LogP contribution in [-0.4, -0.2) is 34.5 Å². The maximum absolute atomic E-state index is 11.3. The van der Waals surface area contributed by atoms with Gasteiger partial charge in [0.15, 0.2) is 0 Å². The third-order valence-corrected chi connectivity index (χ3v) is 2.76. The molecule has 82 valence electrons. The minimum atomic E-state index is -0.821. The minimum Gasteiger partial charge on any atom is -0.481 e. The SMILES string of the molecule is CCCNC(=O)C(C)SCCC(=O)O. The second kappa shape index (κ2) is 7.67. The minimum absolute atomic E-state index is 0.0118. The second-order valence-electron chi connectivity index (χ2n) is 2.95. The van der Waals surface area contributed by atoms with Gasteiger partial charge in [-0.1, -0.05) is 6.92 Å². The van der Waals surface area contributed by atoms with Gasteiger partial charge < -0.3 is 10.4 Å². The predicted molar refractivity (Wildman–Crippen MR) is 57.5 cm³/mol. The highest BCUT2D eigenvalue weighted by molar-refractivity contribution is 8.00. The predicted octanol–water partition coefficient (Wildman–Crippen LogP) is 1.11. The highest BCUT2D eigenvalue weighted by atomic mass is 32.2. The summed E-state index contributed by atoms with van der Waals surface area (Å²) in [6.07, 6.45) is 1.02. The Bertz CT molecular complexity index is 196. The number of rotatable bonds is 7. The van der Waals surface area contributed by atoms with Gasteiger partial charge in [0.2, 0.25) is 5.91 Å². The molecule has 0 aliphatic rings. The summed E-state index contributed by atoms with van der Waals surface area (Å²) in [6, 6.07) is 0. The van der Waals surface area contributed by atoms with Gasteiger partial charge in [0.25, 0.3) is 0 Å². The van der Waals surface area contributed by atoms with E-state index in [1.807, 2.05) is 6.92 Å². The molecule has 0 radical (unpaired) electrons. The molecule has 5 heteroatoms. The van der Waals surface area contributed by atoms with Crippen molar-refractivity contribution in [2.24, 2.45) is 0 Å². The van der Waals surface area contributed by atoms with E-state index in [4.69, 9.17) is 5.11 Å². The number of amides is 1. The molecule has 0 aliphatic carbocycles. The average molecular weight is 219 g/mol. The molecule has 1 atom stereocenters. The number of carboxylic acids is 1. The number of nitrogens with one attached hydrogen (secondary N) is 1. The third kappa shape index (κ3) is 6.77. The Morgan fingerprint density at radius 3 is 2.64 bits per heavy atom. The monoisotopic (exact) mass is 219 g/mol. The van der Waals surface area contributed by atoms with Crippen LogP contribution >= 0.6 is 11.8 Å². The standard InChI is InChI=1S/C9H17NO3S/c1-3-5-10-9(13)7(2)14-6-4-8(11)12/h7H,3-6H2,1-2H3,(H,10,13)(H,11,12). The molecule has 0 aliphatic heterocycles. The van der Waals surface area contributed by atoms with Gasteiger partial charge in [0, 0.05) is 12.3 Å². The highest BCUT2D eigenvalue weighted by Gasteiger charge is 2.12. The zero-order valence-electron chi connectivity index (χ0n) is 8.58. The summed E-state index contributed by atoms with van der Waals surface area (Å²) in [5.41, 5.74) is 0. The van der Waals surface area contributed by atoms with Gasteiger partial charge in [0.1, 0.15) is 0 Å². The van der Waals surface area contributed by atoms with Gasteiger partial charge in [-0.2, -0.15) is 0 Å². The van der Waals surface area contributed by atoms with E-state index in [1.54, 1.807) is 6.92 Å². The summed E-state index contributed by atoms with van der Waals surface area (Å²) in [5, 5.41) is 11.0. The lowest BCUT2D eigenvalue weighted by molar-refractivity contribution is -0.136. The number of hydrogen-bond donors (Lipinski definition) is 2. The van der Waals surface area contributed by atoms with Crippen LogP contribution in [0.15, 0.2) is 0 Å². The molecule has 2 N–H and O–H groups in total. The molecule has 0 heterocycles. The first kappa shape index (κ1) is 13.3. The van der Waals surface area contributed by atoms with Gasteiger partial charge in [-0.25, -0.2) is 0 Å². The van der Waals surface area contributed by atoms with E-state index in [2.05, 4.69) is 5.32 Å². The van der Waals surface area contributed by atoms with Crippen molar-refractivity contribution in [1.82, 2.24) is 5.32 Å². The Kier molecular flexibility index (Phi) is 7.28. The van der Waals surface area contributed by atoms with E-state index in [1.165, 1.54) is 11.8 Å². The van der Waals surface area contributed by atoms with Gasteiger partial charge in [-0.15, -0.1) is 11.8 Å². The second-order valence-corrected chi connectivity index (χ2v) is 4.40. The Morgan fingerprint density at radius 2 is 2.14 bits per heavy atom. The third-order valence-electron chi connectivity index (χ3n) is 1.60. The van der Waals surface area contributed by atoms with Crippen molar-refractivity contribution < 1.29 is 14.7 Å². The highest BCUT2D eigenvalue weighted by Crippen LogP contribution is 2.11. The summed E-state index contributed by atoms with van der Waals surface area (Å²) in [5.74, 6) is -0.350. The molecule has 0 saturated heterocycles. The maximum Gasteiger partial charge on any atom is 0.304 e. The van der Waals surface area contributed by atoms with Crippen molar-refractivity contribution >= 4 is 23.6 Å². The molecule has 0 aromatic rings. The Balaban J connectivity index is 3.56. The average Bonchev–Trinajstić information content (AvgIpc) is 2.13. The number of thioether (sulfide) groups is 1. The first-order chi connectivity index (χ1) is 6.57. The van der Waals surface area contributed by atoms with Crippen molar-refractivity contribution in [2.75, 3.05) is 12.3 Å². The molecule has 0 aromatic carbocycles. The molecule has 0 saturated carbocycles. The van der Waals surface area contributed by atoms with Crippen LogP contribution in [0.25, 0.3) is 0 Å². The van der Waals surface area contributed by atoms with Gasteiger partial charge in [0.05, 0.1) is 11.7 Å². The first-order valence-electron chi connectivity index (χ1n) is 4.69. The molecule has 0 aromatic heterocycles. The summed E-state index contributed by atoms with van der Waals surface area (Å²) in [6.45, 7) is 4.46. The van der Waals surface area contributed by atoms with Crippen molar-refractivity contribution in [3.05, 3.63) is 0 Å². The molecular weight excluding hydrogens is 202 g/mol. The molecule has 0 spiro atoms. The van der Waals surface area contributed by atoms with Crippen LogP contribution in [0.2, 0.25) is 0 Å². The fraction of sp³-hybridized carbons (Fsp3) is 0.778. The fourth-order valence-corrected chi connectivity index (χ4v) is 1.67.